The highest BCUT2D eigenvalue weighted by Gasteiger charge is 2.35. The third-order valence-corrected chi connectivity index (χ3v) is 6.84. The molecule has 0 radical (unpaired) electrons. The molecule has 0 spiro atoms. The summed E-state index contributed by atoms with van der Waals surface area (Å²) in [7, 11) is -4.19. The molecule has 0 saturated carbocycles. The molecule has 0 bridgehead atoms. The molecule has 2 aromatic carbocycles. The predicted octanol–water partition coefficient (Wildman–Crippen LogP) is 4.50. The van der Waals surface area contributed by atoms with E-state index < -0.39 is 56.7 Å². The van der Waals surface area contributed by atoms with Gasteiger partial charge < -0.3 is 10.2 Å². The molecule has 1 atom stereocenters. The fourth-order valence-corrected chi connectivity index (χ4v) is 4.61. The summed E-state index contributed by atoms with van der Waals surface area (Å²) in [4.78, 5) is 27.6. The van der Waals surface area contributed by atoms with E-state index in [1.165, 1.54) is 11.8 Å². The third-order valence-electron chi connectivity index (χ3n) is 5.37. The number of hydrogen-bond acceptors (Lipinski definition) is 4. The summed E-state index contributed by atoms with van der Waals surface area (Å²) < 4.78 is 65.9. The second-order valence-electron chi connectivity index (χ2n) is 9.67. The van der Waals surface area contributed by atoms with Crippen molar-refractivity contribution >= 4 is 39.1 Å². The molecule has 7 nitrogen and oxygen atoms in total. The Balaban J connectivity index is 2.42. The normalized spacial score (nSPS) is 13.1. The van der Waals surface area contributed by atoms with E-state index >= 15 is 0 Å². The largest absolute Gasteiger partial charge is 0.417 e. The Morgan fingerprint density at radius 3 is 2.16 bits per heavy atom. The van der Waals surface area contributed by atoms with Crippen LogP contribution in [0, 0.1) is 0 Å². The highest BCUT2D eigenvalue weighted by atomic mass is 35.5. The molecule has 0 heterocycles. The summed E-state index contributed by atoms with van der Waals surface area (Å²) in [5.41, 5.74) is -1.31. The third kappa shape index (κ3) is 8.92. The number of benzene rings is 2. The Morgan fingerprint density at radius 1 is 1.05 bits per heavy atom. The molecule has 2 amide bonds. The maximum atomic E-state index is 13.4. The number of anilines is 1. The van der Waals surface area contributed by atoms with Gasteiger partial charge in [-0.25, -0.2) is 8.42 Å². The van der Waals surface area contributed by atoms with Gasteiger partial charge in [-0.3, -0.25) is 13.9 Å². The minimum absolute atomic E-state index is 0.0770. The zero-order valence-corrected chi connectivity index (χ0v) is 22.8. The van der Waals surface area contributed by atoms with Crippen LogP contribution in [0.15, 0.2) is 48.5 Å². The number of carbonyl (C=O) groups is 2. The van der Waals surface area contributed by atoms with Crippen molar-refractivity contribution in [3.05, 3.63) is 64.7 Å². The first-order valence-electron chi connectivity index (χ1n) is 11.4. The number of nitrogens with one attached hydrogen (secondary N) is 1. The average Bonchev–Trinajstić information content (AvgIpc) is 2.76. The molecule has 12 heteroatoms. The summed E-state index contributed by atoms with van der Waals surface area (Å²) in [6.07, 6.45) is -3.68. The van der Waals surface area contributed by atoms with Crippen LogP contribution in [0.2, 0.25) is 5.02 Å². The summed E-state index contributed by atoms with van der Waals surface area (Å²) >= 11 is 5.68. The number of carbonyl (C=O) groups excluding carboxylic acids is 2. The van der Waals surface area contributed by atoms with E-state index in [0.717, 1.165) is 24.0 Å². The highest BCUT2D eigenvalue weighted by molar-refractivity contribution is 7.92. The molecule has 0 unspecified atom stereocenters. The predicted molar refractivity (Wildman–Crippen MR) is 138 cm³/mol. The van der Waals surface area contributed by atoms with Gasteiger partial charge in [0.2, 0.25) is 21.8 Å². The number of rotatable bonds is 9. The molecule has 0 aromatic heterocycles. The number of nitrogens with zero attached hydrogens (tertiary/aromatic N) is 2. The maximum absolute atomic E-state index is 13.4. The van der Waals surface area contributed by atoms with Crippen LogP contribution < -0.4 is 9.62 Å². The molecule has 1 N–H and O–H groups in total. The molecule has 2 aromatic rings. The van der Waals surface area contributed by atoms with E-state index in [2.05, 4.69) is 5.32 Å². The van der Waals surface area contributed by atoms with E-state index in [1.807, 2.05) is 30.3 Å². The lowest BCUT2D eigenvalue weighted by Gasteiger charge is -2.33. The lowest BCUT2D eigenvalue weighted by atomic mass is 10.1. The Kier molecular flexibility index (Phi) is 9.64. The van der Waals surface area contributed by atoms with Crippen molar-refractivity contribution in [2.24, 2.45) is 0 Å². The Bertz CT molecular complexity index is 1220. The minimum Gasteiger partial charge on any atom is -0.350 e. The SMILES string of the molecule is C[C@@H](C(=O)NC(C)(C)C)N(CCc1ccccc1)C(=O)CN(c1ccc(Cl)c(C(F)(F)F)c1)S(C)(=O)=O. The van der Waals surface area contributed by atoms with Gasteiger partial charge in [-0.15, -0.1) is 0 Å². The van der Waals surface area contributed by atoms with Crippen LogP contribution in [0.25, 0.3) is 0 Å². The van der Waals surface area contributed by atoms with Crippen molar-refractivity contribution in [1.82, 2.24) is 10.2 Å². The number of amides is 2. The van der Waals surface area contributed by atoms with Gasteiger partial charge >= 0.3 is 6.18 Å². The number of hydrogen-bond donors (Lipinski definition) is 1. The van der Waals surface area contributed by atoms with Crippen molar-refractivity contribution in [1.29, 1.82) is 0 Å². The number of alkyl halides is 3. The monoisotopic (exact) mass is 561 g/mol. The second kappa shape index (κ2) is 11.7. The Hall–Kier alpha value is -2.79. The van der Waals surface area contributed by atoms with Crippen LogP contribution in [0.4, 0.5) is 18.9 Å². The molecule has 2 rings (SSSR count). The summed E-state index contributed by atoms with van der Waals surface area (Å²) in [6, 6.07) is 10.8. The fraction of sp³-hybridized carbons (Fsp3) is 0.440. The molecule has 0 saturated heterocycles. The van der Waals surface area contributed by atoms with Crippen LogP contribution in [0.5, 0.6) is 0 Å². The van der Waals surface area contributed by atoms with Crippen molar-refractivity contribution in [2.75, 3.05) is 23.7 Å². The van der Waals surface area contributed by atoms with Crippen molar-refractivity contribution < 1.29 is 31.2 Å². The van der Waals surface area contributed by atoms with Gasteiger partial charge in [0.1, 0.15) is 12.6 Å². The van der Waals surface area contributed by atoms with Gasteiger partial charge in [0.05, 0.1) is 22.5 Å². The fourth-order valence-electron chi connectivity index (χ4n) is 3.54. The highest BCUT2D eigenvalue weighted by Crippen LogP contribution is 2.37. The molecule has 0 aliphatic carbocycles. The van der Waals surface area contributed by atoms with E-state index in [0.29, 0.717) is 16.8 Å². The number of sulfonamides is 1. The second-order valence-corrected chi connectivity index (χ2v) is 12.0. The molecule has 37 heavy (non-hydrogen) atoms. The van der Waals surface area contributed by atoms with Crippen molar-refractivity contribution in [3.8, 4) is 0 Å². The first-order chi connectivity index (χ1) is 16.9. The molecular weight excluding hydrogens is 531 g/mol. The average molecular weight is 562 g/mol. The molecular formula is C25H31ClF3N3O4S. The zero-order chi connectivity index (χ0) is 28.2. The van der Waals surface area contributed by atoms with Crippen molar-refractivity contribution in [3.63, 3.8) is 0 Å². The van der Waals surface area contributed by atoms with Gasteiger partial charge in [-0.1, -0.05) is 41.9 Å². The molecule has 0 aliphatic heterocycles. The van der Waals surface area contributed by atoms with E-state index in [-0.39, 0.29) is 12.2 Å². The van der Waals surface area contributed by atoms with E-state index in [1.54, 1.807) is 20.8 Å². The summed E-state index contributed by atoms with van der Waals surface area (Å²) in [5, 5.41) is 2.19. The zero-order valence-electron chi connectivity index (χ0n) is 21.3. The van der Waals surface area contributed by atoms with Gasteiger partial charge in [0.15, 0.2) is 0 Å². The topological polar surface area (TPSA) is 86.8 Å². The van der Waals surface area contributed by atoms with Crippen LogP contribution in [-0.2, 0) is 32.2 Å². The molecule has 0 aliphatic rings. The standard InChI is InChI=1S/C25H31ClF3N3O4S/c1-17(23(34)30-24(2,3)4)31(14-13-18-9-7-6-8-10-18)22(33)16-32(37(5,35)36)19-11-12-21(26)20(15-19)25(27,28)29/h6-12,15,17H,13-14,16H2,1-5H3,(H,30,34)/t17-/m0/s1. The lowest BCUT2D eigenvalue weighted by molar-refractivity contribution is -0.139. The maximum Gasteiger partial charge on any atom is 0.417 e. The van der Waals surface area contributed by atoms with Crippen LogP contribution in [0.3, 0.4) is 0 Å². The van der Waals surface area contributed by atoms with Gasteiger partial charge in [-0.05, 0) is 57.9 Å². The quantitative estimate of drug-likeness (QED) is 0.488. The van der Waals surface area contributed by atoms with Crippen molar-refractivity contribution in [2.45, 2.75) is 51.9 Å². The minimum atomic E-state index is -4.83. The van der Waals surface area contributed by atoms with E-state index in [9.17, 15) is 31.2 Å². The summed E-state index contributed by atoms with van der Waals surface area (Å²) in [6.45, 7) is 6.11. The Morgan fingerprint density at radius 2 is 1.65 bits per heavy atom. The lowest BCUT2D eigenvalue weighted by Crippen LogP contribution is -2.55. The van der Waals surface area contributed by atoms with Gasteiger partial charge in [0.25, 0.3) is 0 Å². The molecule has 204 valence electrons. The Labute approximate surface area is 220 Å². The van der Waals surface area contributed by atoms with Crippen LogP contribution in [0.1, 0.15) is 38.8 Å². The van der Waals surface area contributed by atoms with Crippen LogP contribution >= 0.6 is 11.6 Å². The van der Waals surface area contributed by atoms with E-state index in [4.69, 9.17) is 11.6 Å². The first-order valence-corrected chi connectivity index (χ1v) is 13.6. The summed E-state index contributed by atoms with van der Waals surface area (Å²) in [5.74, 6) is -1.20. The van der Waals surface area contributed by atoms with Gasteiger partial charge in [-0.2, -0.15) is 13.2 Å². The first kappa shape index (κ1) is 30.4. The smallest absolute Gasteiger partial charge is 0.350 e. The van der Waals surface area contributed by atoms with Crippen LogP contribution in [-0.4, -0.2) is 56.1 Å². The van der Waals surface area contributed by atoms with Gasteiger partial charge in [0, 0.05) is 12.1 Å². The number of halogens is 4. The molecule has 0 fully saturated rings.